The summed E-state index contributed by atoms with van der Waals surface area (Å²) in [4.78, 5) is 37.8. The third-order valence-electron chi connectivity index (χ3n) is 3.90. The van der Waals surface area contributed by atoms with Gasteiger partial charge in [-0.25, -0.2) is 0 Å². The van der Waals surface area contributed by atoms with Gasteiger partial charge in [0, 0.05) is 51.8 Å². The third kappa shape index (κ3) is 4.69. The van der Waals surface area contributed by atoms with E-state index in [2.05, 4.69) is 10.6 Å². The van der Waals surface area contributed by atoms with Crippen LogP contribution in [-0.4, -0.2) is 62.9 Å². The monoisotopic (exact) mass is 352 g/mol. The molecule has 0 saturated carbocycles. The van der Waals surface area contributed by atoms with Crippen LogP contribution in [0.4, 0.5) is 5.69 Å². The van der Waals surface area contributed by atoms with Crippen LogP contribution in [0.15, 0.2) is 18.2 Å². The highest BCUT2D eigenvalue weighted by Gasteiger charge is 2.19. The summed E-state index contributed by atoms with van der Waals surface area (Å²) in [5, 5.41) is 5.81. The Balaban J connectivity index is 2.08. The van der Waals surface area contributed by atoms with Crippen LogP contribution in [0.3, 0.4) is 0 Å². The Morgan fingerprint density at radius 2 is 2.08 bits per heavy atom. The zero-order chi connectivity index (χ0) is 17.5. The lowest BCUT2D eigenvalue weighted by atomic mass is 10.1. The molecule has 130 valence electrons. The Labute approximate surface area is 145 Å². The van der Waals surface area contributed by atoms with Gasteiger partial charge in [0.1, 0.15) is 0 Å². The van der Waals surface area contributed by atoms with Crippen molar-refractivity contribution in [1.29, 1.82) is 0 Å². The molecule has 0 spiro atoms. The molecular weight excluding hydrogens is 332 g/mol. The number of amides is 3. The second kappa shape index (κ2) is 8.65. The summed E-state index contributed by atoms with van der Waals surface area (Å²) in [5.74, 6) is -0.387. The van der Waals surface area contributed by atoms with Gasteiger partial charge in [-0.15, -0.1) is 0 Å². The Morgan fingerprint density at radius 3 is 2.75 bits per heavy atom. The van der Waals surface area contributed by atoms with Crippen molar-refractivity contribution in [2.45, 2.75) is 6.42 Å². The Hall–Kier alpha value is -2.12. The Bertz CT molecular complexity index is 617. The molecule has 1 fully saturated rings. The number of nitrogens with one attached hydrogen (secondary N) is 2. The number of piperazine rings is 1. The summed E-state index contributed by atoms with van der Waals surface area (Å²) < 4.78 is 0. The average Bonchev–Trinajstić information content (AvgIpc) is 2.60. The number of carbonyl (C=O) groups is 3. The van der Waals surface area contributed by atoms with Gasteiger partial charge >= 0.3 is 0 Å². The smallest absolute Gasteiger partial charge is 0.254 e. The normalized spacial score (nSPS) is 14.2. The summed E-state index contributed by atoms with van der Waals surface area (Å²) >= 11 is 6.22. The molecule has 1 aliphatic heterocycles. The standard InChI is InChI=1S/C16H21ClN4O3/c1-20(7-4-15(23)19-11-22)14-10-12(2-3-13(14)17)16(24)21-8-5-18-6-9-21/h2-3,10-11,18H,4-9H2,1H3,(H,19,22,23). The van der Waals surface area contributed by atoms with Crippen LogP contribution in [0.1, 0.15) is 16.8 Å². The van der Waals surface area contributed by atoms with Crippen LogP contribution in [0.25, 0.3) is 0 Å². The van der Waals surface area contributed by atoms with Crippen molar-refractivity contribution in [2.75, 3.05) is 44.7 Å². The van der Waals surface area contributed by atoms with Crippen molar-refractivity contribution in [3.8, 4) is 0 Å². The number of rotatable bonds is 6. The molecule has 1 aliphatic rings. The van der Waals surface area contributed by atoms with Gasteiger partial charge < -0.3 is 15.1 Å². The van der Waals surface area contributed by atoms with Crippen LogP contribution >= 0.6 is 11.6 Å². The predicted octanol–water partition coefficient (Wildman–Crippen LogP) is 0.484. The zero-order valence-electron chi connectivity index (χ0n) is 13.5. The lowest BCUT2D eigenvalue weighted by Gasteiger charge is -2.28. The van der Waals surface area contributed by atoms with E-state index in [1.54, 1.807) is 35.0 Å². The van der Waals surface area contributed by atoms with Crippen molar-refractivity contribution in [3.63, 3.8) is 0 Å². The van der Waals surface area contributed by atoms with Crippen molar-refractivity contribution in [3.05, 3.63) is 28.8 Å². The Morgan fingerprint density at radius 1 is 1.38 bits per heavy atom. The van der Waals surface area contributed by atoms with Gasteiger partial charge in [-0.1, -0.05) is 11.6 Å². The first kappa shape index (κ1) is 18.2. The van der Waals surface area contributed by atoms with Crippen LogP contribution in [0.2, 0.25) is 5.02 Å². The van der Waals surface area contributed by atoms with Crippen LogP contribution < -0.4 is 15.5 Å². The quantitative estimate of drug-likeness (QED) is 0.728. The molecule has 2 rings (SSSR count). The third-order valence-corrected chi connectivity index (χ3v) is 4.22. The number of anilines is 1. The molecule has 1 aromatic rings. The van der Waals surface area contributed by atoms with E-state index < -0.39 is 0 Å². The van der Waals surface area contributed by atoms with E-state index in [0.717, 1.165) is 13.1 Å². The van der Waals surface area contributed by atoms with Crippen molar-refractivity contribution >= 4 is 35.5 Å². The molecule has 0 aromatic heterocycles. The molecule has 1 heterocycles. The molecule has 0 bridgehead atoms. The average molecular weight is 353 g/mol. The second-order valence-electron chi connectivity index (χ2n) is 5.57. The van der Waals surface area contributed by atoms with E-state index in [0.29, 0.717) is 42.3 Å². The van der Waals surface area contributed by atoms with Gasteiger partial charge in [0.2, 0.25) is 12.3 Å². The molecule has 0 aliphatic carbocycles. The molecule has 8 heteroatoms. The van der Waals surface area contributed by atoms with E-state index in [-0.39, 0.29) is 18.2 Å². The molecule has 0 unspecified atom stereocenters. The predicted molar refractivity (Wildman–Crippen MR) is 92.3 cm³/mol. The number of halogens is 1. The van der Waals surface area contributed by atoms with Crippen molar-refractivity contribution in [2.24, 2.45) is 0 Å². The Kier molecular flexibility index (Phi) is 6.57. The summed E-state index contributed by atoms with van der Waals surface area (Å²) in [5.41, 5.74) is 1.25. The van der Waals surface area contributed by atoms with Crippen molar-refractivity contribution < 1.29 is 14.4 Å². The highest BCUT2D eigenvalue weighted by Crippen LogP contribution is 2.27. The van der Waals surface area contributed by atoms with E-state index in [1.165, 1.54) is 0 Å². The van der Waals surface area contributed by atoms with Gasteiger partial charge in [-0.05, 0) is 18.2 Å². The number of carbonyl (C=O) groups excluding carboxylic acids is 3. The molecule has 0 radical (unpaired) electrons. The van der Waals surface area contributed by atoms with E-state index in [9.17, 15) is 14.4 Å². The fraction of sp³-hybridized carbons (Fsp3) is 0.438. The minimum atomic E-state index is -0.360. The van der Waals surface area contributed by atoms with Crippen LogP contribution in [0.5, 0.6) is 0 Å². The van der Waals surface area contributed by atoms with E-state index in [4.69, 9.17) is 11.6 Å². The number of hydrogen-bond donors (Lipinski definition) is 2. The van der Waals surface area contributed by atoms with Gasteiger partial charge in [0.25, 0.3) is 5.91 Å². The largest absolute Gasteiger partial charge is 0.373 e. The highest BCUT2D eigenvalue weighted by molar-refractivity contribution is 6.33. The highest BCUT2D eigenvalue weighted by atomic mass is 35.5. The lowest BCUT2D eigenvalue weighted by Crippen LogP contribution is -2.46. The fourth-order valence-electron chi connectivity index (χ4n) is 2.52. The first-order chi connectivity index (χ1) is 11.5. The van der Waals surface area contributed by atoms with Crippen LogP contribution in [0, 0.1) is 0 Å². The second-order valence-corrected chi connectivity index (χ2v) is 5.97. The number of hydrogen-bond acceptors (Lipinski definition) is 5. The molecule has 0 atom stereocenters. The van der Waals surface area contributed by atoms with Gasteiger partial charge in [0.15, 0.2) is 0 Å². The molecule has 3 amide bonds. The lowest BCUT2D eigenvalue weighted by molar-refractivity contribution is -0.125. The number of benzene rings is 1. The van der Waals surface area contributed by atoms with Gasteiger partial charge in [0.05, 0.1) is 10.7 Å². The zero-order valence-corrected chi connectivity index (χ0v) is 14.3. The summed E-state index contributed by atoms with van der Waals surface area (Å²) in [6, 6.07) is 5.14. The number of nitrogens with zero attached hydrogens (tertiary/aromatic N) is 2. The maximum Gasteiger partial charge on any atom is 0.254 e. The van der Waals surface area contributed by atoms with Gasteiger partial charge in [-0.2, -0.15) is 0 Å². The molecule has 7 nitrogen and oxygen atoms in total. The summed E-state index contributed by atoms with van der Waals surface area (Å²) in [6.07, 6.45) is 0.517. The van der Waals surface area contributed by atoms with E-state index >= 15 is 0 Å². The van der Waals surface area contributed by atoms with Crippen molar-refractivity contribution in [1.82, 2.24) is 15.5 Å². The molecule has 2 N–H and O–H groups in total. The maximum atomic E-state index is 12.6. The minimum Gasteiger partial charge on any atom is -0.373 e. The first-order valence-corrected chi connectivity index (χ1v) is 8.14. The molecule has 1 aromatic carbocycles. The molecule has 1 saturated heterocycles. The number of imide groups is 1. The minimum absolute atomic E-state index is 0.0264. The fourth-order valence-corrected chi connectivity index (χ4v) is 2.78. The molecule has 24 heavy (non-hydrogen) atoms. The molecular formula is C16H21ClN4O3. The summed E-state index contributed by atoms with van der Waals surface area (Å²) in [6.45, 7) is 3.32. The topological polar surface area (TPSA) is 81.8 Å². The summed E-state index contributed by atoms with van der Waals surface area (Å²) in [7, 11) is 1.79. The van der Waals surface area contributed by atoms with Gasteiger partial charge in [-0.3, -0.25) is 19.7 Å². The van der Waals surface area contributed by atoms with Crippen LogP contribution in [-0.2, 0) is 9.59 Å². The van der Waals surface area contributed by atoms with E-state index in [1.807, 2.05) is 0 Å². The first-order valence-electron chi connectivity index (χ1n) is 7.76. The SMILES string of the molecule is CN(CCC(=O)NC=O)c1cc(C(=O)N2CCNCC2)ccc1Cl. The maximum absolute atomic E-state index is 12.6.